The number of furan rings is 1. The van der Waals surface area contributed by atoms with E-state index in [1.807, 2.05) is 35.8 Å². The van der Waals surface area contributed by atoms with Gasteiger partial charge in [0.15, 0.2) is 16.7 Å². The molecule has 1 amide bonds. The maximum atomic E-state index is 13.0. The van der Waals surface area contributed by atoms with Crippen molar-refractivity contribution in [2.45, 2.75) is 43.6 Å². The molecular formula is C24H29N5O4S. The van der Waals surface area contributed by atoms with Gasteiger partial charge in [-0.2, -0.15) is 0 Å². The Morgan fingerprint density at radius 1 is 1.18 bits per heavy atom. The predicted octanol–water partition coefficient (Wildman–Crippen LogP) is 4.05. The maximum Gasteiger partial charge on any atom is 0.237 e. The maximum absolute atomic E-state index is 13.0. The van der Waals surface area contributed by atoms with Crippen molar-refractivity contribution in [3.8, 4) is 11.5 Å². The van der Waals surface area contributed by atoms with Crippen LogP contribution >= 0.6 is 11.8 Å². The number of aromatic nitrogens is 3. The molecule has 2 aliphatic heterocycles. The number of rotatable bonds is 7. The summed E-state index contributed by atoms with van der Waals surface area (Å²) < 4.78 is 18.8. The highest BCUT2D eigenvalue weighted by Crippen LogP contribution is 2.33. The second-order valence-electron chi connectivity index (χ2n) is 8.73. The topological polar surface area (TPSA) is 94.7 Å². The van der Waals surface area contributed by atoms with Crippen LogP contribution in [0.2, 0.25) is 0 Å². The summed E-state index contributed by atoms with van der Waals surface area (Å²) in [6, 6.07) is 9.23. The molecule has 2 aliphatic rings. The molecule has 0 bridgehead atoms. The molecule has 1 N–H and O–H groups in total. The number of hydrogen-bond donors (Lipinski definition) is 1. The number of anilines is 2. The molecule has 34 heavy (non-hydrogen) atoms. The molecule has 5 rings (SSSR count). The first-order valence-electron chi connectivity index (χ1n) is 11.6. The van der Waals surface area contributed by atoms with Gasteiger partial charge in [-0.15, -0.1) is 10.2 Å². The summed E-state index contributed by atoms with van der Waals surface area (Å²) in [5.41, 5.74) is 0.668. The van der Waals surface area contributed by atoms with Gasteiger partial charge in [-0.05, 0) is 49.9 Å². The zero-order valence-corrected chi connectivity index (χ0v) is 20.2. The van der Waals surface area contributed by atoms with Crippen molar-refractivity contribution < 1.29 is 18.7 Å². The second-order valence-corrected chi connectivity index (χ2v) is 10.0. The molecule has 10 heteroatoms. The third-order valence-electron chi connectivity index (χ3n) is 6.12. The molecule has 1 saturated heterocycles. The summed E-state index contributed by atoms with van der Waals surface area (Å²) in [6.07, 6.45) is 3.92. The standard InChI is InChI=1S/C24H29N5O4S/c1-16-7-9-28(10-8-16)23-26-27-24(29(23)15-19-4-3-11-31-19)34-17(2)22(30)25-18-5-6-20-21(14-18)33-13-12-32-20/h3-6,11,14,16-17H,7-10,12-13,15H2,1-2H3,(H,25,30). The Morgan fingerprint density at radius 2 is 1.97 bits per heavy atom. The molecule has 1 unspecified atom stereocenters. The summed E-state index contributed by atoms with van der Waals surface area (Å²) >= 11 is 1.39. The lowest BCUT2D eigenvalue weighted by Gasteiger charge is -2.31. The Labute approximate surface area is 202 Å². The molecule has 180 valence electrons. The average molecular weight is 484 g/mol. The van der Waals surface area contributed by atoms with Crippen LogP contribution in [-0.4, -0.2) is 52.2 Å². The largest absolute Gasteiger partial charge is 0.486 e. The molecule has 9 nitrogen and oxygen atoms in total. The monoisotopic (exact) mass is 483 g/mol. The third kappa shape index (κ3) is 5.01. The lowest BCUT2D eigenvalue weighted by Crippen LogP contribution is -2.35. The van der Waals surface area contributed by atoms with Crippen LogP contribution in [0.1, 0.15) is 32.4 Å². The quantitative estimate of drug-likeness (QED) is 0.503. The number of ether oxygens (including phenoxy) is 2. The number of nitrogens with zero attached hydrogens (tertiary/aromatic N) is 4. The molecule has 2 aromatic heterocycles. The smallest absolute Gasteiger partial charge is 0.237 e. The van der Waals surface area contributed by atoms with E-state index in [0.29, 0.717) is 42.1 Å². The Bertz CT molecular complexity index is 1120. The fourth-order valence-electron chi connectivity index (χ4n) is 4.08. The fraction of sp³-hybridized carbons (Fsp3) is 0.458. The van der Waals surface area contributed by atoms with Gasteiger partial charge < -0.3 is 24.1 Å². The molecular weight excluding hydrogens is 454 g/mol. The van der Waals surface area contributed by atoms with Crippen molar-refractivity contribution in [2.24, 2.45) is 5.92 Å². The van der Waals surface area contributed by atoms with E-state index in [4.69, 9.17) is 13.9 Å². The third-order valence-corrected chi connectivity index (χ3v) is 7.20. The van der Waals surface area contributed by atoms with Gasteiger partial charge in [0, 0.05) is 24.8 Å². The summed E-state index contributed by atoms with van der Waals surface area (Å²) in [4.78, 5) is 15.2. The molecule has 0 saturated carbocycles. The van der Waals surface area contributed by atoms with Crippen LogP contribution in [0.3, 0.4) is 0 Å². The molecule has 0 aliphatic carbocycles. The van der Waals surface area contributed by atoms with Gasteiger partial charge >= 0.3 is 0 Å². The number of thioether (sulfide) groups is 1. The van der Waals surface area contributed by atoms with E-state index in [1.54, 1.807) is 12.3 Å². The summed E-state index contributed by atoms with van der Waals surface area (Å²) in [6.45, 7) is 7.59. The molecule has 3 aromatic rings. The highest BCUT2D eigenvalue weighted by atomic mass is 32.2. The molecule has 0 spiro atoms. The zero-order valence-electron chi connectivity index (χ0n) is 19.4. The molecule has 1 fully saturated rings. The van der Waals surface area contributed by atoms with Crippen LogP contribution in [0.5, 0.6) is 11.5 Å². The van der Waals surface area contributed by atoms with Crippen molar-refractivity contribution in [3.05, 3.63) is 42.4 Å². The van der Waals surface area contributed by atoms with Crippen molar-refractivity contribution in [1.82, 2.24) is 14.8 Å². The first-order valence-corrected chi connectivity index (χ1v) is 12.5. The molecule has 0 radical (unpaired) electrons. The van der Waals surface area contributed by atoms with Crippen molar-refractivity contribution in [3.63, 3.8) is 0 Å². The molecule has 4 heterocycles. The number of hydrogen-bond acceptors (Lipinski definition) is 8. The summed E-state index contributed by atoms with van der Waals surface area (Å²) in [5, 5.41) is 12.2. The van der Waals surface area contributed by atoms with Gasteiger partial charge in [0.25, 0.3) is 0 Å². The number of piperidine rings is 1. The van der Waals surface area contributed by atoms with Crippen molar-refractivity contribution in [2.75, 3.05) is 36.5 Å². The Morgan fingerprint density at radius 3 is 2.74 bits per heavy atom. The van der Waals surface area contributed by atoms with Crippen LogP contribution in [0.25, 0.3) is 0 Å². The van der Waals surface area contributed by atoms with Crippen LogP contribution in [0.15, 0.2) is 46.2 Å². The van der Waals surface area contributed by atoms with Gasteiger partial charge in [0.05, 0.1) is 18.1 Å². The van der Waals surface area contributed by atoms with E-state index >= 15 is 0 Å². The van der Waals surface area contributed by atoms with E-state index in [1.165, 1.54) is 11.8 Å². The van der Waals surface area contributed by atoms with Gasteiger partial charge in [0.2, 0.25) is 11.9 Å². The Hall–Kier alpha value is -3.14. The van der Waals surface area contributed by atoms with Crippen LogP contribution in [-0.2, 0) is 11.3 Å². The van der Waals surface area contributed by atoms with Gasteiger partial charge in [-0.3, -0.25) is 9.36 Å². The number of benzene rings is 1. The van der Waals surface area contributed by atoms with E-state index < -0.39 is 0 Å². The summed E-state index contributed by atoms with van der Waals surface area (Å²) in [7, 11) is 0. The lowest BCUT2D eigenvalue weighted by atomic mass is 10.00. The highest BCUT2D eigenvalue weighted by molar-refractivity contribution is 8.00. The van der Waals surface area contributed by atoms with Crippen LogP contribution in [0.4, 0.5) is 11.6 Å². The number of amides is 1. The lowest BCUT2D eigenvalue weighted by molar-refractivity contribution is -0.115. The minimum atomic E-state index is -0.387. The van der Waals surface area contributed by atoms with Crippen molar-refractivity contribution >= 4 is 29.3 Å². The van der Waals surface area contributed by atoms with Gasteiger partial charge in [-0.25, -0.2) is 0 Å². The molecule has 1 aromatic carbocycles. The number of carbonyl (C=O) groups is 1. The minimum absolute atomic E-state index is 0.123. The van der Waals surface area contributed by atoms with Crippen LogP contribution in [0, 0.1) is 5.92 Å². The first kappa shape index (κ1) is 22.6. The van der Waals surface area contributed by atoms with E-state index in [2.05, 4.69) is 27.3 Å². The minimum Gasteiger partial charge on any atom is -0.486 e. The average Bonchev–Trinajstić information content (AvgIpc) is 3.50. The number of fused-ring (bicyclic) bond motifs is 1. The fourth-order valence-corrected chi connectivity index (χ4v) is 4.93. The van der Waals surface area contributed by atoms with E-state index in [-0.39, 0.29) is 11.2 Å². The highest BCUT2D eigenvalue weighted by Gasteiger charge is 2.26. The number of nitrogens with one attached hydrogen (secondary N) is 1. The second kappa shape index (κ2) is 10.0. The van der Waals surface area contributed by atoms with E-state index in [0.717, 1.165) is 43.6 Å². The number of carbonyl (C=O) groups excluding carboxylic acids is 1. The van der Waals surface area contributed by atoms with Crippen LogP contribution < -0.4 is 19.7 Å². The normalized spacial score (nSPS) is 16.9. The SMILES string of the molecule is CC1CCN(c2nnc(SC(C)C(=O)Nc3ccc4c(c3)OCCO4)n2Cc2ccco2)CC1. The first-order chi connectivity index (χ1) is 16.6. The van der Waals surface area contributed by atoms with Gasteiger partial charge in [-0.1, -0.05) is 18.7 Å². The van der Waals surface area contributed by atoms with Crippen molar-refractivity contribution in [1.29, 1.82) is 0 Å². The molecule has 1 atom stereocenters. The zero-order chi connectivity index (χ0) is 23.5. The van der Waals surface area contributed by atoms with E-state index in [9.17, 15) is 4.79 Å². The Balaban J connectivity index is 1.31. The van der Waals surface area contributed by atoms with Gasteiger partial charge in [0.1, 0.15) is 19.0 Å². The predicted molar refractivity (Wildman–Crippen MR) is 130 cm³/mol. The Kier molecular flexibility index (Phi) is 6.66. The summed E-state index contributed by atoms with van der Waals surface area (Å²) in [5.74, 6) is 3.57.